The van der Waals surface area contributed by atoms with Crippen molar-refractivity contribution in [1.82, 2.24) is 0 Å². The van der Waals surface area contributed by atoms with Crippen molar-refractivity contribution in [1.29, 1.82) is 5.26 Å². The van der Waals surface area contributed by atoms with Crippen molar-refractivity contribution in [3.63, 3.8) is 0 Å². The van der Waals surface area contributed by atoms with Gasteiger partial charge in [0.1, 0.15) is 17.4 Å². The van der Waals surface area contributed by atoms with E-state index in [1.165, 1.54) is 0 Å². The highest BCUT2D eigenvalue weighted by molar-refractivity contribution is 5.97. The van der Waals surface area contributed by atoms with Crippen LogP contribution < -0.4 is 5.73 Å². The summed E-state index contributed by atoms with van der Waals surface area (Å²) in [6.45, 7) is 2.05. The van der Waals surface area contributed by atoms with Crippen molar-refractivity contribution in [2.24, 2.45) is 17.6 Å². The number of hydrogen-bond acceptors (Lipinski definition) is 3. The van der Waals surface area contributed by atoms with Crippen LogP contribution in [-0.4, -0.2) is 13.0 Å². The summed E-state index contributed by atoms with van der Waals surface area (Å²) in [7, 11) is 1.66. The van der Waals surface area contributed by atoms with Gasteiger partial charge in [0, 0.05) is 5.92 Å². The van der Waals surface area contributed by atoms with Crippen molar-refractivity contribution < 1.29 is 9.53 Å². The van der Waals surface area contributed by atoms with Crippen LogP contribution in [0, 0.1) is 23.2 Å². The summed E-state index contributed by atoms with van der Waals surface area (Å²) in [5.41, 5.74) is 7.50. The van der Waals surface area contributed by atoms with E-state index in [1.54, 1.807) is 7.11 Å². The predicted octanol–water partition coefficient (Wildman–Crippen LogP) is 3.53. The van der Waals surface area contributed by atoms with Crippen LogP contribution in [0.4, 0.5) is 0 Å². The molecule has 1 unspecified atom stereocenters. The van der Waals surface area contributed by atoms with Crippen molar-refractivity contribution >= 4 is 5.91 Å². The third-order valence-corrected chi connectivity index (χ3v) is 4.71. The van der Waals surface area contributed by atoms with E-state index in [-0.39, 0.29) is 17.4 Å². The molecule has 1 saturated carbocycles. The fourth-order valence-corrected chi connectivity index (χ4v) is 3.33. The van der Waals surface area contributed by atoms with Crippen LogP contribution in [0.3, 0.4) is 0 Å². The van der Waals surface area contributed by atoms with Gasteiger partial charge in [-0.2, -0.15) is 5.26 Å². The second kappa shape index (κ2) is 7.82. The van der Waals surface area contributed by atoms with E-state index in [4.69, 9.17) is 10.5 Å². The van der Waals surface area contributed by atoms with Crippen molar-refractivity contribution in [2.45, 2.75) is 39.0 Å². The minimum atomic E-state index is -0.626. The molecule has 0 radical (unpaired) electrons. The Bertz CT molecular complexity index is 626. The molecule has 0 aliphatic heterocycles. The molecule has 1 amide bonds. The van der Waals surface area contributed by atoms with Crippen molar-refractivity contribution in [2.75, 3.05) is 7.11 Å². The Kier molecular flexibility index (Phi) is 5.81. The maximum Gasteiger partial charge on any atom is 0.259 e. The van der Waals surface area contributed by atoms with Gasteiger partial charge in [-0.1, -0.05) is 30.6 Å². The third-order valence-electron chi connectivity index (χ3n) is 4.71. The van der Waals surface area contributed by atoms with E-state index in [0.29, 0.717) is 0 Å². The van der Waals surface area contributed by atoms with Gasteiger partial charge in [-0.25, -0.2) is 0 Å². The molecule has 0 saturated heterocycles. The number of allylic oxidation sites excluding steroid dienone is 6. The van der Waals surface area contributed by atoms with Crippen LogP contribution in [0.25, 0.3) is 0 Å². The fourth-order valence-electron chi connectivity index (χ4n) is 3.33. The quantitative estimate of drug-likeness (QED) is 0.479. The van der Waals surface area contributed by atoms with Gasteiger partial charge >= 0.3 is 0 Å². The van der Waals surface area contributed by atoms with Gasteiger partial charge in [-0.15, -0.1) is 0 Å². The summed E-state index contributed by atoms with van der Waals surface area (Å²) in [4.78, 5) is 11.6. The molecule has 1 atom stereocenters. The Hall–Kier alpha value is -2.28. The van der Waals surface area contributed by atoms with E-state index in [9.17, 15) is 10.1 Å². The Morgan fingerprint density at radius 2 is 2.13 bits per heavy atom. The van der Waals surface area contributed by atoms with Crippen LogP contribution in [0.15, 0.2) is 46.8 Å². The lowest BCUT2D eigenvalue weighted by molar-refractivity contribution is -0.114. The molecule has 0 spiro atoms. The van der Waals surface area contributed by atoms with Gasteiger partial charge in [-0.3, -0.25) is 4.79 Å². The van der Waals surface area contributed by atoms with Gasteiger partial charge in [0.2, 0.25) is 0 Å². The lowest BCUT2D eigenvalue weighted by Gasteiger charge is -2.19. The standard InChI is InChI=1S/C19H24N2O2/c1-13(14-7-9-16(23-2)10-8-14)11-17(15-5-3-4-6-15)18(12-20)19(21)22/h7,9-11,14-15H,3-6,8H2,1-2H3,(H2,21,22)/b13-11+,18-17+. The summed E-state index contributed by atoms with van der Waals surface area (Å²) < 4.78 is 5.21. The summed E-state index contributed by atoms with van der Waals surface area (Å²) in [6.07, 6.45) is 13.3. The Morgan fingerprint density at radius 3 is 2.61 bits per heavy atom. The normalized spacial score (nSPS) is 23.1. The average molecular weight is 312 g/mol. The van der Waals surface area contributed by atoms with Crippen LogP contribution in [0.2, 0.25) is 0 Å². The number of amides is 1. The van der Waals surface area contributed by atoms with Crippen LogP contribution in [-0.2, 0) is 9.53 Å². The van der Waals surface area contributed by atoms with Gasteiger partial charge in [0.25, 0.3) is 5.91 Å². The monoisotopic (exact) mass is 312 g/mol. The smallest absolute Gasteiger partial charge is 0.259 e. The van der Waals surface area contributed by atoms with E-state index in [1.807, 2.05) is 25.1 Å². The Balaban J connectivity index is 2.30. The lowest BCUT2D eigenvalue weighted by Crippen LogP contribution is -2.17. The minimum Gasteiger partial charge on any atom is -0.497 e. The number of nitriles is 1. The van der Waals surface area contributed by atoms with Crippen LogP contribution in [0.5, 0.6) is 0 Å². The lowest BCUT2D eigenvalue weighted by atomic mass is 9.86. The van der Waals surface area contributed by atoms with E-state index >= 15 is 0 Å². The highest BCUT2D eigenvalue weighted by Gasteiger charge is 2.24. The number of rotatable bonds is 5. The Morgan fingerprint density at radius 1 is 1.43 bits per heavy atom. The maximum absolute atomic E-state index is 11.6. The molecular formula is C19H24N2O2. The number of hydrogen-bond donors (Lipinski definition) is 1. The summed E-state index contributed by atoms with van der Waals surface area (Å²) in [5.74, 6) is 0.775. The molecule has 0 aromatic heterocycles. The number of methoxy groups -OCH3 is 1. The second-order valence-corrected chi connectivity index (χ2v) is 6.19. The molecule has 0 bridgehead atoms. The Labute approximate surface area is 138 Å². The maximum atomic E-state index is 11.6. The van der Waals surface area contributed by atoms with E-state index in [2.05, 4.69) is 12.2 Å². The first kappa shape index (κ1) is 17.1. The molecule has 0 aromatic rings. The zero-order chi connectivity index (χ0) is 16.8. The zero-order valence-corrected chi connectivity index (χ0v) is 13.8. The molecule has 2 rings (SSSR count). The van der Waals surface area contributed by atoms with Gasteiger partial charge in [-0.05, 0) is 49.8 Å². The number of primary amides is 1. The third kappa shape index (κ3) is 4.13. The van der Waals surface area contributed by atoms with Crippen LogP contribution >= 0.6 is 0 Å². The molecule has 2 aliphatic carbocycles. The van der Waals surface area contributed by atoms with E-state index in [0.717, 1.165) is 49.0 Å². The number of carbonyl (C=O) groups is 1. The topological polar surface area (TPSA) is 76.1 Å². The van der Waals surface area contributed by atoms with Crippen molar-refractivity contribution in [3.05, 3.63) is 46.8 Å². The number of carbonyl (C=O) groups excluding carboxylic acids is 1. The van der Waals surface area contributed by atoms with Crippen LogP contribution in [0.1, 0.15) is 39.0 Å². The molecule has 1 fully saturated rings. The van der Waals surface area contributed by atoms with Gasteiger partial charge in [0.05, 0.1) is 7.11 Å². The summed E-state index contributed by atoms with van der Waals surface area (Å²) in [5, 5.41) is 9.34. The number of nitrogens with zero attached hydrogens (tertiary/aromatic N) is 1. The largest absolute Gasteiger partial charge is 0.497 e. The minimum absolute atomic E-state index is 0.115. The van der Waals surface area contributed by atoms with Gasteiger partial charge < -0.3 is 10.5 Å². The first-order valence-corrected chi connectivity index (χ1v) is 8.11. The molecule has 2 N–H and O–H groups in total. The molecule has 122 valence electrons. The number of ether oxygens (including phenoxy) is 1. The second-order valence-electron chi connectivity index (χ2n) is 6.19. The summed E-state index contributed by atoms with van der Waals surface area (Å²) >= 11 is 0. The SMILES string of the molecule is COC1=CCC(/C(C)=C/C(=C(/C#N)C(N)=O)C2CCCC2)C=C1. The molecule has 0 heterocycles. The molecular weight excluding hydrogens is 288 g/mol. The molecule has 4 nitrogen and oxygen atoms in total. The molecule has 4 heteroatoms. The summed E-state index contributed by atoms with van der Waals surface area (Å²) in [6, 6.07) is 2.01. The highest BCUT2D eigenvalue weighted by Crippen LogP contribution is 2.35. The average Bonchev–Trinajstić information content (AvgIpc) is 3.08. The van der Waals surface area contributed by atoms with Gasteiger partial charge in [0.15, 0.2) is 0 Å². The highest BCUT2D eigenvalue weighted by atomic mass is 16.5. The van der Waals surface area contributed by atoms with Crippen molar-refractivity contribution in [3.8, 4) is 6.07 Å². The molecule has 23 heavy (non-hydrogen) atoms. The zero-order valence-electron chi connectivity index (χ0n) is 13.8. The fraction of sp³-hybridized carbons (Fsp3) is 0.474. The van der Waals surface area contributed by atoms with E-state index < -0.39 is 5.91 Å². The molecule has 2 aliphatic rings. The number of nitrogens with two attached hydrogens (primary N) is 1. The molecule has 0 aromatic carbocycles. The predicted molar refractivity (Wildman–Crippen MR) is 89.9 cm³/mol. The first-order valence-electron chi connectivity index (χ1n) is 8.11. The first-order chi connectivity index (χ1) is 11.1.